The molecule has 0 aliphatic heterocycles. The van der Waals surface area contributed by atoms with Crippen molar-refractivity contribution >= 4 is 0 Å². The Labute approximate surface area is 111 Å². The van der Waals surface area contributed by atoms with Crippen molar-refractivity contribution in [3.63, 3.8) is 0 Å². The molecule has 1 atom stereocenters. The topological polar surface area (TPSA) is 58.9 Å². The number of aliphatic hydroxyl groups excluding tert-OH is 1. The number of rotatable bonds is 4. The fourth-order valence-corrected chi connectivity index (χ4v) is 1.86. The minimum absolute atomic E-state index is 0.00700. The van der Waals surface area contributed by atoms with Crippen molar-refractivity contribution in [1.82, 2.24) is 0 Å². The molecule has 100 valence electrons. The summed E-state index contributed by atoms with van der Waals surface area (Å²) in [7, 11) is 3.07. The average Bonchev–Trinajstić information content (AvgIpc) is 2.46. The quantitative estimate of drug-likeness (QED) is 0.886. The maximum Gasteiger partial charge on any atom is 0.160 e. The van der Waals surface area contributed by atoms with Gasteiger partial charge in [-0.05, 0) is 35.4 Å². The molecule has 0 bridgehead atoms. The Morgan fingerprint density at radius 1 is 0.895 bits per heavy atom. The van der Waals surface area contributed by atoms with Crippen LogP contribution in [0.3, 0.4) is 0 Å². The minimum atomic E-state index is -0.803. The molecule has 0 saturated carbocycles. The van der Waals surface area contributed by atoms with Crippen molar-refractivity contribution in [3.05, 3.63) is 53.6 Å². The van der Waals surface area contributed by atoms with Gasteiger partial charge in [-0.25, -0.2) is 0 Å². The summed E-state index contributed by atoms with van der Waals surface area (Å²) >= 11 is 0. The number of hydrogen-bond acceptors (Lipinski definition) is 4. The molecule has 2 N–H and O–H groups in total. The molecule has 0 radical (unpaired) electrons. The highest BCUT2D eigenvalue weighted by Gasteiger charge is 2.13. The van der Waals surface area contributed by atoms with E-state index in [0.29, 0.717) is 11.3 Å². The molecule has 0 fully saturated rings. The molecule has 4 nitrogen and oxygen atoms in total. The third kappa shape index (κ3) is 2.80. The summed E-state index contributed by atoms with van der Waals surface area (Å²) in [4.78, 5) is 0. The van der Waals surface area contributed by atoms with Gasteiger partial charge in [-0.2, -0.15) is 0 Å². The van der Waals surface area contributed by atoms with Gasteiger partial charge in [0.15, 0.2) is 11.5 Å². The second-order valence-electron chi connectivity index (χ2n) is 4.11. The van der Waals surface area contributed by atoms with Gasteiger partial charge in [0.05, 0.1) is 14.2 Å². The highest BCUT2D eigenvalue weighted by Crippen LogP contribution is 2.31. The first kappa shape index (κ1) is 13.2. The number of aliphatic hydroxyl groups is 1. The molecule has 4 heteroatoms. The van der Waals surface area contributed by atoms with E-state index in [4.69, 9.17) is 9.47 Å². The number of aromatic hydroxyl groups is 1. The first-order chi connectivity index (χ1) is 9.15. The summed E-state index contributed by atoms with van der Waals surface area (Å²) in [6, 6.07) is 12.0. The molecule has 2 rings (SSSR count). The molecule has 0 aromatic heterocycles. The Morgan fingerprint density at radius 2 is 1.53 bits per heavy atom. The number of phenolic OH excluding ortho intramolecular Hbond substituents is 1. The number of benzene rings is 2. The van der Waals surface area contributed by atoms with Gasteiger partial charge in [0.1, 0.15) is 11.9 Å². The molecule has 0 amide bonds. The SMILES string of the molecule is COc1ccc(C(O)c2ccc(OC)c(O)c2)cc1. The highest BCUT2D eigenvalue weighted by molar-refractivity contribution is 5.44. The van der Waals surface area contributed by atoms with E-state index in [1.807, 2.05) is 0 Å². The van der Waals surface area contributed by atoms with Crippen LogP contribution in [0.5, 0.6) is 17.2 Å². The lowest BCUT2D eigenvalue weighted by molar-refractivity contribution is 0.219. The molecule has 0 heterocycles. The van der Waals surface area contributed by atoms with Crippen LogP contribution in [0, 0.1) is 0 Å². The first-order valence-electron chi connectivity index (χ1n) is 5.84. The Balaban J connectivity index is 2.27. The standard InChI is InChI=1S/C15H16O4/c1-18-12-6-3-10(4-7-12)15(17)11-5-8-14(19-2)13(16)9-11/h3-9,15-17H,1-2H3. The van der Waals surface area contributed by atoms with Crippen molar-refractivity contribution in [1.29, 1.82) is 0 Å². The lowest BCUT2D eigenvalue weighted by Crippen LogP contribution is -1.99. The van der Waals surface area contributed by atoms with Gasteiger partial charge in [-0.15, -0.1) is 0 Å². The van der Waals surface area contributed by atoms with Crippen molar-refractivity contribution in [2.45, 2.75) is 6.10 Å². The van der Waals surface area contributed by atoms with Crippen LogP contribution >= 0.6 is 0 Å². The number of methoxy groups -OCH3 is 2. The van der Waals surface area contributed by atoms with E-state index in [9.17, 15) is 10.2 Å². The third-order valence-corrected chi connectivity index (χ3v) is 2.95. The van der Waals surface area contributed by atoms with Gasteiger partial charge in [-0.3, -0.25) is 0 Å². The molecule has 0 aliphatic rings. The van der Waals surface area contributed by atoms with E-state index in [2.05, 4.69) is 0 Å². The fraction of sp³-hybridized carbons (Fsp3) is 0.200. The van der Waals surface area contributed by atoms with Crippen LogP contribution in [-0.2, 0) is 0 Å². The van der Waals surface area contributed by atoms with Crippen molar-refractivity contribution < 1.29 is 19.7 Å². The summed E-state index contributed by atoms with van der Waals surface area (Å²) in [6.07, 6.45) is -0.803. The summed E-state index contributed by atoms with van der Waals surface area (Å²) in [6.45, 7) is 0. The van der Waals surface area contributed by atoms with Gasteiger partial charge < -0.3 is 19.7 Å². The van der Waals surface area contributed by atoms with Gasteiger partial charge in [0.2, 0.25) is 0 Å². The van der Waals surface area contributed by atoms with Crippen molar-refractivity contribution in [3.8, 4) is 17.2 Å². The Morgan fingerprint density at radius 3 is 2.05 bits per heavy atom. The zero-order valence-corrected chi connectivity index (χ0v) is 10.8. The summed E-state index contributed by atoms with van der Waals surface area (Å²) < 4.78 is 10.0. The maximum atomic E-state index is 10.3. The molecule has 1 unspecified atom stereocenters. The normalized spacial score (nSPS) is 11.9. The second-order valence-corrected chi connectivity index (χ2v) is 4.11. The van der Waals surface area contributed by atoms with E-state index in [-0.39, 0.29) is 5.75 Å². The summed E-state index contributed by atoms with van der Waals surface area (Å²) in [5, 5.41) is 20.0. The number of hydrogen-bond donors (Lipinski definition) is 2. The monoisotopic (exact) mass is 260 g/mol. The number of ether oxygens (including phenoxy) is 2. The van der Waals surface area contributed by atoms with Crippen molar-refractivity contribution in [2.24, 2.45) is 0 Å². The second kappa shape index (κ2) is 5.63. The van der Waals surface area contributed by atoms with Crippen LogP contribution in [0.1, 0.15) is 17.2 Å². The summed E-state index contributed by atoms with van der Waals surface area (Å²) in [5.41, 5.74) is 1.33. The van der Waals surface area contributed by atoms with Crippen LogP contribution < -0.4 is 9.47 Å². The minimum Gasteiger partial charge on any atom is -0.504 e. The molecule has 2 aromatic carbocycles. The average molecular weight is 260 g/mol. The van der Waals surface area contributed by atoms with Crippen LogP contribution in [0.4, 0.5) is 0 Å². The van der Waals surface area contributed by atoms with E-state index in [1.54, 1.807) is 43.5 Å². The van der Waals surface area contributed by atoms with Gasteiger partial charge in [0.25, 0.3) is 0 Å². The smallest absolute Gasteiger partial charge is 0.160 e. The van der Waals surface area contributed by atoms with Gasteiger partial charge in [-0.1, -0.05) is 18.2 Å². The largest absolute Gasteiger partial charge is 0.504 e. The lowest BCUT2D eigenvalue weighted by atomic mass is 10.0. The fourth-order valence-electron chi connectivity index (χ4n) is 1.86. The van der Waals surface area contributed by atoms with Gasteiger partial charge >= 0.3 is 0 Å². The molecule has 0 aliphatic carbocycles. The van der Waals surface area contributed by atoms with Gasteiger partial charge in [0, 0.05) is 0 Å². The van der Waals surface area contributed by atoms with Crippen molar-refractivity contribution in [2.75, 3.05) is 14.2 Å². The van der Waals surface area contributed by atoms with Crippen LogP contribution in [0.25, 0.3) is 0 Å². The zero-order valence-electron chi connectivity index (χ0n) is 10.8. The molecule has 19 heavy (non-hydrogen) atoms. The Bertz CT molecular complexity index is 549. The number of phenols is 1. The van der Waals surface area contributed by atoms with Crippen LogP contribution in [0.2, 0.25) is 0 Å². The molecular weight excluding hydrogens is 244 g/mol. The van der Waals surface area contributed by atoms with E-state index in [1.165, 1.54) is 13.2 Å². The molecule has 0 spiro atoms. The van der Waals surface area contributed by atoms with E-state index in [0.717, 1.165) is 11.3 Å². The molecular formula is C15H16O4. The molecule has 2 aromatic rings. The van der Waals surface area contributed by atoms with Crippen LogP contribution in [0.15, 0.2) is 42.5 Å². The first-order valence-corrected chi connectivity index (χ1v) is 5.84. The maximum absolute atomic E-state index is 10.3. The Kier molecular flexibility index (Phi) is 3.92. The third-order valence-electron chi connectivity index (χ3n) is 2.95. The summed E-state index contributed by atoms with van der Waals surface area (Å²) in [5.74, 6) is 1.12. The van der Waals surface area contributed by atoms with E-state index >= 15 is 0 Å². The highest BCUT2D eigenvalue weighted by atomic mass is 16.5. The molecule has 0 saturated heterocycles. The van der Waals surface area contributed by atoms with Crippen LogP contribution in [-0.4, -0.2) is 24.4 Å². The van der Waals surface area contributed by atoms with E-state index < -0.39 is 6.10 Å². The lowest BCUT2D eigenvalue weighted by Gasteiger charge is -2.13. The zero-order chi connectivity index (χ0) is 13.8. The Hall–Kier alpha value is -2.20. The predicted molar refractivity (Wildman–Crippen MR) is 71.7 cm³/mol. The predicted octanol–water partition coefficient (Wildman–Crippen LogP) is 2.49.